The summed E-state index contributed by atoms with van der Waals surface area (Å²) in [5.41, 5.74) is -0.436. The van der Waals surface area contributed by atoms with Gasteiger partial charge >= 0.3 is 5.97 Å². The molecule has 0 saturated heterocycles. The van der Waals surface area contributed by atoms with Crippen LogP contribution in [0.3, 0.4) is 0 Å². The van der Waals surface area contributed by atoms with Crippen LogP contribution in [-0.2, 0) is 26.5 Å². The molecule has 0 spiro atoms. The largest absolute Gasteiger partial charge is 0.478 e. The summed E-state index contributed by atoms with van der Waals surface area (Å²) in [5.74, 6) is -2.41. The Hall–Kier alpha value is -1.03. The number of carbonyl (C=O) groups is 1. The molecule has 1 rings (SSSR count). The third-order valence-electron chi connectivity index (χ3n) is 3.49. The Morgan fingerprint density at radius 1 is 1.04 bits per heavy atom. The normalized spacial score (nSPS) is 12.1. The van der Waals surface area contributed by atoms with Crippen LogP contribution in [0.1, 0.15) is 35.7 Å². The maximum Gasteiger partial charge on any atom is 0.337 e. The maximum atomic E-state index is 12.8. The summed E-state index contributed by atoms with van der Waals surface area (Å²) < 4.78 is 51.5. The monoisotopic (exact) mass is 445 g/mol. The Labute approximate surface area is 164 Å². The smallest absolute Gasteiger partial charge is 0.337 e. The lowest BCUT2D eigenvalue weighted by atomic mass is 10.1. The predicted molar refractivity (Wildman–Crippen MR) is 104 cm³/mol. The number of nitrogens with zero attached hydrogens (tertiary/aromatic N) is 1. The summed E-state index contributed by atoms with van der Waals surface area (Å²) in [6.07, 6.45) is 0.313. The number of alkyl halides is 2. The number of hydrogen-bond acceptors (Lipinski definition) is 5. The van der Waals surface area contributed by atoms with Crippen molar-refractivity contribution in [2.45, 2.75) is 26.2 Å². The molecule has 0 heterocycles. The predicted octanol–water partition coefficient (Wildman–Crippen LogP) is 2.67. The Morgan fingerprint density at radius 2 is 1.54 bits per heavy atom. The van der Waals surface area contributed by atoms with Gasteiger partial charge in [0.15, 0.2) is 0 Å². The third kappa shape index (κ3) is 5.48. The first-order valence-corrected chi connectivity index (χ1v) is 12.1. The summed E-state index contributed by atoms with van der Waals surface area (Å²) in [6.45, 7) is 1.68. The fourth-order valence-corrected chi connectivity index (χ4v) is 7.11. The van der Waals surface area contributed by atoms with Gasteiger partial charge in [-0.1, -0.05) is 19.1 Å². The van der Waals surface area contributed by atoms with Gasteiger partial charge in [-0.05, 0) is 30.9 Å². The summed E-state index contributed by atoms with van der Waals surface area (Å²) in [5, 5.41) is 9.46. The molecule has 0 aliphatic carbocycles. The van der Waals surface area contributed by atoms with E-state index in [0.29, 0.717) is 5.56 Å². The van der Waals surface area contributed by atoms with Crippen molar-refractivity contribution in [3.05, 3.63) is 29.3 Å². The van der Waals surface area contributed by atoms with E-state index < -0.39 is 43.1 Å². The van der Waals surface area contributed by atoms with Gasteiger partial charge in [0, 0.05) is 11.8 Å². The first-order chi connectivity index (χ1) is 12.1. The highest BCUT2D eigenvalue weighted by Gasteiger charge is 2.37. The van der Waals surface area contributed by atoms with Crippen molar-refractivity contribution in [3.63, 3.8) is 0 Å². The molecule has 1 N–H and O–H groups in total. The molecule has 0 unspecified atom stereocenters. The number of aromatic carboxylic acids is 1. The summed E-state index contributed by atoms with van der Waals surface area (Å²) >= 11 is 11.1. The van der Waals surface area contributed by atoms with E-state index in [2.05, 4.69) is 0 Å². The Bertz CT molecular complexity index is 802. The molecule has 0 radical (unpaired) electrons. The number of halogens is 2. The number of carboxylic acid groups (broad SMARTS) is 1. The minimum absolute atomic E-state index is 0.0238. The molecule has 26 heavy (non-hydrogen) atoms. The fourth-order valence-electron chi connectivity index (χ4n) is 2.36. The van der Waals surface area contributed by atoms with Crippen molar-refractivity contribution in [1.29, 1.82) is 0 Å². The molecule has 11 heteroatoms. The SMILES string of the molecule is CCc1cccc(C(=O)O)c1N(S(=O)(=O)CCCCl)S(=O)(=O)CCCCl. The molecule has 1 aromatic carbocycles. The van der Waals surface area contributed by atoms with Crippen molar-refractivity contribution in [1.82, 2.24) is 0 Å². The van der Waals surface area contributed by atoms with Crippen LogP contribution in [0.25, 0.3) is 0 Å². The van der Waals surface area contributed by atoms with Crippen LogP contribution in [0.5, 0.6) is 0 Å². The van der Waals surface area contributed by atoms with E-state index in [1.807, 2.05) is 0 Å². The number of para-hydroxylation sites is 1. The average Bonchev–Trinajstić information content (AvgIpc) is 2.57. The molecular formula is C15H21Cl2NO6S2. The van der Waals surface area contributed by atoms with Crippen LogP contribution >= 0.6 is 23.2 Å². The average molecular weight is 446 g/mol. The maximum absolute atomic E-state index is 12.8. The van der Waals surface area contributed by atoms with Gasteiger partial charge in [-0.2, -0.15) is 3.71 Å². The number of hydrogen-bond donors (Lipinski definition) is 1. The lowest BCUT2D eigenvalue weighted by Crippen LogP contribution is -2.41. The molecule has 0 saturated carbocycles. The number of rotatable bonds is 11. The van der Waals surface area contributed by atoms with Crippen molar-refractivity contribution in [2.24, 2.45) is 0 Å². The Balaban J connectivity index is 3.75. The highest BCUT2D eigenvalue weighted by molar-refractivity contribution is 8.10. The van der Waals surface area contributed by atoms with Gasteiger partial charge in [-0.3, -0.25) is 0 Å². The van der Waals surface area contributed by atoms with E-state index in [9.17, 15) is 26.7 Å². The number of anilines is 1. The van der Waals surface area contributed by atoms with Crippen molar-refractivity contribution >= 4 is 54.9 Å². The molecule has 0 amide bonds. The highest BCUT2D eigenvalue weighted by atomic mass is 35.5. The van der Waals surface area contributed by atoms with E-state index in [0.717, 1.165) is 0 Å². The van der Waals surface area contributed by atoms with Gasteiger partial charge in [-0.15, -0.1) is 23.2 Å². The van der Waals surface area contributed by atoms with Gasteiger partial charge in [0.25, 0.3) is 0 Å². The quantitative estimate of drug-likeness (QED) is 0.524. The second-order valence-electron chi connectivity index (χ2n) is 5.39. The zero-order valence-corrected chi connectivity index (χ0v) is 17.3. The Kier molecular flexibility index (Phi) is 8.65. The van der Waals surface area contributed by atoms with E-state index in [-0.39, 0.29) is 40.4 Å². The first kappa shape index (κ1) is 23.0. The van der Waals surface area contributed by atoms with E-state index in [4.69, 9.17) is 23.2 Å². The number of benzene rings is 1. The lowest BCUT2D eigenvalue weighted by Gasteiger charge is -2.27. The van der Waals surface area contributed by atoms with Gasteiger partial charge in [0.2, 0.25) is 20.0 Å². The second kappa shape index (κ2) is 9.77. The fraction of sp³-hybridized carbons (Fsp3) is 0.533. The molecule has 0 fully saturated rings. The van der Waals surface area contributed by atoms with Crippen LogP contribution in [0.2, 0.25) is 0 Å². The summed E-state index contributed by atoms with van der Waals surface area (Å²) in [4.78, 5) is 11.6. The number of sulfonamides is 2. The van der Waals surface area contributed by atoms with E-state index >= 15 is 0 Å². The standard InChI is InChI=1S/C15H21Cl2NO6S2/c1-2-12-6-3-7-13(15(19)20)14(12)18(25(21,22)10-4-8-16)26(23,24)11-5-9-17/h3,6-7H,2,4-5,8-11H2,1H3,(H,19,20). The van der Waals surface area contributed by atoms with Crippen LogP contribution in [0, 0.1) is 0 Å². The molecule has 7 nitrogen and oxygen atoms in total. The molecule has 0 aliphatic heterocycles. The van der Waals surface area contributed by atoms with Crippen LogP contribution in [-0.4, -0.2) is 51.2 Å². The molecule has 148 valence electrons. The number of aryl methyl sites for hydroxylation is 1. The molecule has 0 atom stereocenters. The second-order valence-corrected chi connectivity index (χ2v) is 10.2. The van der Waals surface area contributed by atoms with Crippen molar-refractivity contribution in [2.75, 3.05) is 27.0 Å². The van der Waals surface area contributed by atoms with E-state index in [1.54, 1.807) is 6.92 Å². The van der Waals surface area contributed by atoms with Gasteiger partial charge in [0.1, 0.15) is 0 Å². The van der Waals surface area contributed by atoms with E-state index in [1.165, 1.54) is 18.2 Å². The summed E-state index contributed by atoms with van der Waals surface area (Å²) in [7, 11) is -8.72. The molecule has 0 bridgehead atoms. The summed E-state index contributed by atoms with van der Waals surface area (Å²) in [6, 6.07) is 4.13. The minimum Gasteiger partial charge on any atom is -0.478 e. The first-order valence-electron chi connectivity index (χ1n) is 7.85. The highest BCUT2D eigenvalue weighted by Crippen LogP contribution is 2.32. The topological polar surface area (TPSA) is 109 Å². The van der Waals surface area contributed by atoms with Gasteiger partial charge in [-0.25, -0.2) is 21.6 Å². The van der Waals surface area contributed by atoms with Crippen LogP contribution < -0.4 is 3.71 Å². The van der Waals surface area contributed by atoms with Gasteiger partial charge < -0.3 is 5.11 Å². The third-order valence-corrected chi connectivity index (χ3v) is 8.37. The molecule has 0 aromatic heterocycles. The number of carboxylic acids is 1. The Morgan fingerprint density at radius 3 is 1.92 bits per heavy atom. The van der Waals surface area contributed by atoms with Crippen molar-refractivity contribution < 1.29 is 26.7 Å². The molecular weight excluding hydrogens is 425 g/mol. The van der Waals surface area contributed by atoms with Crippen molar-refractivity contribution in [3.8, 4) is 0 Å². The minimum atomic E-state index is -4.36. The van der Waals surface area contributed by atoms with Crippen LogP contribution in [0.4, 0.5) is 5.69 Å². The van der Waals surface area contributed by atoms with Crippen LogP contribution in [0.15, 0.2) is 18.2 Å². The molecule has 1 aromatic rings. The zero-order valence-electron chi connectivity index (χ0n) is 14.2. The zero-order chi connectivity index (χ0) is 20.0. The van der Waals surface area contributed by atoms with Gasteiger partial charge in [0.05, 0.1) is 22.8 Å². The molecule has 0 aliphatic rings. The lowest BCUT2D eigenvalue weighted by molar-refractivity contribution is 0.0698.